The molecule has 0 aliphatic carbocycles. The topological polar surface area (TPSA) is 19.4 Å². The number of pyridine rings is 1. The molecule has 3 heteroatoms. The molecule has 84 valence electrons. The van der Waals surface area contributed by atoms with E-state index in [9.17, 15) is 0 Å². The summed E-state index contributed by atoms with van der Waals surface area (Å²) in [5.41, 5.74) is 1.36. The highest BCUT2D eigenvalue weighted by molar-refractivity contribution is 5.09. The van der Waals surface area contributed by atoms with Gasteiger partial charge in [-0.2, -0.15) is 0 Å². The van der Waals surface area contributed by atoms with Crippen LogP contribution in [0, 0.1) is 0 Å². The fraction of sp³-hybridized carbons (Fsp3) is 0.583. The van der Waals surface area contributed by atoms with Crippen molar-refractivity contribution in [2.75, 3.05) is 40.8 Å². The van der Waals surface area contributed by atoms with Crippen LogP contribution in [-0.4, -0.2) is 55.6 Å². The molecule has 3 nitrogen and oxygen atoms in total. The van der Waals surface area contributed by atoms with Gasteiger partial charge in [0, 0.05) is 32.0 Å². The maximum atomic E-state index is 4.01. The molecule has 0 saturated heterocycles. The van der Waals surface area contributed by atoms with Crippen LogP contribution in [0.1, 0.15) is 5.56 Å². The van der Waals surface area contributed by atoms with E-state index in [1.165, 1.54) is 5.56 Å². The van der Waals surface area contributed by atoms with Crippen LogP contribution in [0.2, 0.25) is 0 Å². The number of aromatic nitrogens is 1. The van der Waals surface area contributed by atoms with E-state index in [-0.39, 0.29) is 0 Å². The summed E-state index contributed by atoms with van der Waals surface area (Å²) in [6, 6.07) is 4.17. The lowest BCUT2D eigenvalue weighted by Gasteiger charge is -2.19. The number of likely N-dealkylation sites (N-methyl/N-ethyl adjacent to an activating group) is 2. The van der Waals surface area contributed by atoms with Gasteiger partial charge in [-0.15, -0.1) is 0 Å². The first-order chi connectivity index (χ1) is 7.18. The molecular formula is C12H21N3. The first-order valence-corrected chi connectivity index (χ1v) is 5.40. The molecule has 0 N–H and O–H groups in total. The standard InChI is InChI=1S/C12H21N3/c1-14(2)10-11-15(3)9-6-12-4-7-13-8-5-12/h4-5,7-8H,6,9-11H2,1-3H3. The Kier molecular flexibility index (Phi) is 5.29. The van der Waals surface area contributed by atoms with Crippen molar-refractivity contribution in [2.45, 2.75) is 6.42 Å². The van der Waals surface area contributed by atoms with Crippen LogP contribution in [0.3, 0.4) is 0 Å². The zero-order valence-electron chi connectivity index (χ0n) is 9.98. The lowest BCUT2D eigenvalue weighted by atomic mass is 10.2. The van der Waals surface area contributed by atoms with Gasteiger partial charge in [0.25, 0.3) is 0 Å². The Bertz CT molecular complexity index is 259. The second kappa shape index (κ2) is 6.53. The highest BCUT2D eigenvalue weighted by Gasteiger charge is 1.99. The summed E-state index contributed by atoms with van der Waals surface area (Å²) < 4.78 is 0. The third-order valence-corrected chi connectivity index (χ3v) is 2.46. The van der Waals surface area contributed by atoms with Crippen LogP contribution >= 0.6 is 0 Å². The normalized spacial score (nSPS) is 11.3. The van der Waals surface area contributed by atoms with Crippen LogP contribution in [0.5, 0.6) is 0 Å². The summed E-state index contributed by atoms with van der Waals surface area (Å²) in [7, 11) is 6.39. The first-order valence-electron chi connectivity index (χ1n) is 5.40. The predicted molar refractivity (Wildman–Crippen MR) is 64.0 cm³/mol. The van der Waals surface area contributed by atoms with Gasteiger partial charge in [-0.05, 0) is 45.3 Å². The smallest absolute Gasteiger partial charge is 0.0270 e. The molecule has 0 aromatic carbocycles. The molecule has 1 aromatic rings. The number of nitrogens with zero attached hydrogens (tertiary/aromatic N) is 3. The van der Waals surface area contributed by atoms with Crippen molar-refractivity contribution in [3.63, 3.8) is 0 Å². The van der Waals surface area contributed by atoms with Crippen molar-refractivity contribution in [1.29, 1.82) is 0 Å². The Morgan fingerprint density at radius 3 is 2.27 bits per heavy atom. The van der Waals surface area contributed by atoms with Gasteiger partial charge in [0.2, 0.25) is 0 Å². The minimum atomic E-state index is 1.10. The van der Waals surface area contributed by atoms with Crippen molar-refractivity contribution >= 4 is 0 Å². The minimum absolute atomic E-state index is 1.10. The first kappa shape index (κ1) is 12.1. The second-order valence-corrected chi connectivity index (χ2v) is 4.21. The Balaban J connectivity index is 2.19. The van der Waals surface area contributed by atoms with Gasteiger partial charge < -0.3 is 9.80 Å². The van der Waals surface area contributed by atoms with Crippen molar-refractivity contribution in [2.24, 2.45) is 0 Å². The van der Waals surface area contributed by atoms with Crippen molar-refractivity contribution in [3.8, 4) is 0 Å². The summed E-state index contributed by atoms with van der Waals surface area (Å²) in [6.45, 7) is 3.35. The van der Waals surface area contributed by atoms with Crippen molar-refractivity contribution in [3.05, 3.63) is 30.1 Å². The molecule has 1 aromatic heterocycles. The average molecular weight is 207 g/mol. The molecule has 0 spiro atoms. The zero-order chi connectivity index (χ0) is 11.1. The average Bonchev–Trinajstić information content (AvgIpc) is 2.25. The fourth-order valence-corrected chi connectivity index (χ4v) is 1.35. The van der Waals surface area contributed by atoms with Crippen LogP contribution in [0.25, 0.3) is 0 Å². The largest absolute Gasteiger partial charge is 0.308 e. The van der Waals surface area contributed by atoms with E-state index in [0.29, 0.717) is 0 Å². The molecule has 0 fully saturated rings. The summed E-state index contributed by atoms with van der Waals surface area (Å²) in [5.74, 6) is 0. The highest BCUT2D eigenvalue weighted by atomic mass is 15.1. The molecule has 0 amide bonds. The van der Waals surface area contributed by atoms with Crippen LogP contribution in [0.15, 0.2) is 24.5 Å². The van der Waals surface area contributed by atoms with Crippen LogP contribution in [-0.2, 0) is 6.42 Å². The van der Waals surface area contributed by atoms with Gasteiger partial charge in [-0.3, -0.25) is 4.98 Å². The third kappa shape index (κ3) is 5.50. The van der Waals surface area contributed by atoms with Gasteiger partial charge in [0.05, 0.1) is 0 Å². The van der Waals surface area contributed by atoms with Gasteiger partial charge in [0.1, 0.15) is 0 Å². The van der Waals surface area contributed by atoms with E-state index >= 15 is 0 Å². The lowest BCUT2D eigenvalue weighted by Crippen LogP contribution is -2.30. The van der Waals surface area contributed by atoms with E-state index in [1.54, 1.807) is 0 Å². The number of hydrogen-bond donors (Lipinski definition) is 0. The molecular weight excluding hydrogens is 186 g/mol. The van der Waals surface area contributed by atoms with Crippen molar-refractivity contribution < 1.29 is 0 Å². The van der Waals surface area contributed by atoms with E-state index in [0.717, 1.165) is 26.1 Å². The molecule has 15 heavy (non-hydrogen) atoms. The van der Waals surface area contributed by atoms with Gasteiger partial charge in [-0.1, -0.05) is 0 Å². The third-order valence-electron chi connectivity index (χ3n) is 2.46. The summed E-state index contributed by atoms with van der Waals surface area (Å²) >= 11 is 0. The SMILES string of the molecule is CN(C)CCN(C)CCc1ccncc1. The van der Waals surface area contributed by atoms with Gasteiger partial charge in [-0.25, -0.2) is 0 Å². The Hall–Kier alpha value is -0.930. The van der Waals surface area contributed by atoms with Gasteiger partial charge in [0.15, 0.2) is 0 Å². The lowest BCUT2D eigenvalue weighted by molar-refractivity contribution is 0.284. The summed E-state index contributed by atoms with van der Waals surface area (Å²) in [5, 5.41) is 0. The molecule has 0 bridgehead atoms. The summed E-state index contributed by atoms with van der Waals surface area (Å²) in [6.07, 6.45) is 4.82. The molecule has 0 aliphatic rings. The summed E-state index contributed by atoms with van der Waals surface area (Å²) in [4.78, 5) is 8.58. The molecule has 0 radical (unpaired) electrons. The quantitative estimate of drug-likeness (QED) is 0.697. The van der Waals surface area contributed by atoms with Crippen LogP contribution < -0.4 is 0 Å². The fourth-order valence-electron chi connectivity index (χ4n) is 1.35. The monoisotopic (exact) mass is 207 g/mol. The van der Waals surface area contributed by atoms with Crippen LogP contribution in [0.4, 0.5) is 0 Å². The molecule has 0 saturated carbocycles. The Morgan fingerprint density at radius 2 is 1.67 bits per heavy atom. The molecule has 1 rings (SSSR count). The molecule has 1 heterocycles. The zero-order valence-corrected chi connectivity index (χ0v) is 9.98. The number of rotatable bonds is 6. The predicted octanol–water partition coefficient (Wildman–Crippen LogP) is 1.12. The van der Waals surface area contributed by atoms with E-state index in [2.05, 4.69) is 48.1 Å². The van der Waals surface area contributed by atoms with E-state index < -0.39 is 0 Å². The Labute approximate surface area is 92.7 Å². The second-order valence-electron chi connectivity index (χ2n) is 4.21. The number of hydrogen-bond acceptors (Lipinski definition) is 3. The maximum Gasteiger partial charge on any atom is 0.0270 e. The Morgan fingerprint density at radius 1 is 1.00 bits per heavy atom. The van der Waals surface area contributed by atoms with E-state index in [1.807, 2.05) is 12.4 Å². The minimum Gasteiger partial charge on any atom is -0.308 e. The van der Waals surface area contributed by atoms with Crippen molar-refractivity contribution in [1.82, 2.24) is 14.8 Å². The molecule has 0 aliphatic heterocycles. The van der Waals surface area contributed by atoms with E-state index in [4.69, 9.17) is 0 Å². The molecule has 0 unspecified atom stereocenters. The molecule has 0 atom stereocenters. The van der Waals surface area contributed by atoms with Gasteiger partial charge >= 0.3 is 0 Å². The maximum absolute atomic E-state index is 4.01. The highest BCUT2D eigenvalue weighted by Crippen LogP contribution is 1.98.